The first kappa shape index (κ1) is 16.4. The van der Waals surface area contributed by atoms with Gasteiger partial charge in [0.25, 0.3) is 5.91 Å². The van der Waals surface area contributed by atoms with Crippen LogP contribution in [0.3, 0.4) is 0 Å². The van der Waals surface area contributed by atoms with Gasteiger partial charge < -0.3 is 4.74 Å². The molecule has 2 rings (SSSR count). The van der Waals surface area contributed by atoms with Crippen molar-refractivity contribution >= 4 is 11.8 Å². The van der Waals surface area contributed by atoms with Crippen LogP contribution in [0.2, 0.25) is 0 Å². The summed E-state index contributed by atoms with van der Waals surface area (Å²) >= 11 is 0. The Balaban J connectivity index is 1.88. The minimum absolute atomic E-state index is 0.0822. The van der Waals surface area contributed by atoms with Gasteiger partial charge in [0, 0.05) is 5.56 Å². The molecule has 0 aliphatic carbocycles. The summed E-state index contributed by atoms with van der Waals surface area (Å²) in [5.74, 6) is -2.07. The van der Waals surface area contributed by atoms with Crippen molar-refractivity contribution in [2.24, 2.45) is 0 Å². The minimum Gasteiger partial charge on any atom is -0.494 e. The molecule has 0 aliphatic heterocycles. The van der Waals surface area contributed by atoms with E-state index in [1.165, 1.54) is 31.4 Å². The molecule has 0 heterocycles. The van der Waals surface area contributed by atoms with Crippen molar-refractivity contribution in [1.29, 1.82) is 0 Å². The van der Waals surface area contributed by atoms with E-state index in [2.05, 4.69) is 10.9 Å². The Kier molecular flexibility index (Phi) is 5.24. The molecule has 0 unspecified atom stereocenters. The van der Waals surface area contributed by atoms with E-state index >= 15 is 0 Å². The van der Waals surface area contributed by atoms with Crippen molar-refractivity contribution in [2.75, 3.05) is 7.11 Å². The molecule has 0 saturated carbocycles. The van der Waals surface area contributed by atoms with Crippen LogP contribution in [0, 0.1) is 11.6 Å². The van der Waals surface area contributed by atoms with Crippen LogP contribution in [0.15, 0.2) is 42.5 Å². The van der Waals surface area contributed by atoms with Gasteiger partial charge >= 0.3 is 0 Å². The molecule has 0 atom stereocenters. The Bertz CT molecular complexity index is 718. The number of hydrazine groups is 1. The number of hydrogen-bond acceptors (Lipinski definition) is 3. The molecule has 2 aromatic rings. The SMILES string of the molecule is COc1ccc(CC(=O)NNC(=O)c2ccc(F)cc2)cc1F. The first-order valence-electron chi connectivity index (χ1n) is 6.67. The molecule has 0 radical (unpaired) electrons. The van der Waals surface area contributed by atoms with Crippen molar-refractivity contribution in [3.63, 3.8) is 0 Å². The zero-order valence-electron chi connectivity index (χ0n) is 12.2. The van der Waals surface area contributed by atoms with Gasteiger partial charge in [0.05, 0.1) is 13.5 Å². The second-order valence-corrected chi connectivity index (χ2v) is 4.65. The van der Waals surface area contributed by atoms with Crippen molar-refractivity contribution < 1.29 is 23.1 Å². The highest BCUT2D eigenvalue weighted by molar-refractivity contribution is 5.95. The summed E-state index contributed by atoms with van der Waals surface area (Å²) < 4.78 is 31.0. The number of carbonyl (C=O) groups excluding carboxylic acids is 2. The van der Waals surface area contributed by atoms with Crippen molar-refractivity contribution in [1.82, 2.24) is 10.9 Å². The van der Waals surface area contributed by atoms with Crippen LogP contribution < -0.4 is 15.6 Å². The maximum absolute atomic E-state index is 13.5. The molecule has 2 aromatic carbocycles. The van der Waals surface area contributed by atoms with Crippen LogP contribution >= 0.6 is 0 Å². The second kappa shape index (κ2) is 7.35. The van der Waals surface area contributed by atoms with E-state index in [1.807, 2.05) is 0 Å². The molecule has 0 spiro atoms. The third-order valence-corrected chi connectivity index (χ3v) is 3.00. The van der Waals surface area contributed by atoms with Gasteiger partial charge in [-0.15, -0.1) is 0 Å². The van der Waals surface area contributed by atoms with Crippen LogP contribution in [0.1, 0.15) is 15.9 Å². The first-order chi connectivity index (χ1) is 11.0. The smallest absolute Gasteiger partial charge is 0.269 e. The number of halogens is 2. The largest absolute Gasteiger partial charge is 0.494 e. The zero-order chi connectivity index (χ0) is 16.8. The van der Waals surface area contributed by atoms with E-state index in [0.717, 1.165) is 12.1 Å². The molecule has 0 fully saturated rings. The molecule has 23 heavy (non-hydrogen) atoms. The number of ether oxygens (including phenoxy) is 1. The van der Waals surface area contributed by atoms with E-state index in [1.54, 1.807) is 6.07 Å². The predicted octanol–water partition coefficient (Wildman–Crippen LogP) is 1.98. The summed E-state index contributed by atoms with van der Waals surface area (Å²) in [5.41, 5.74) is 5.03. The van der Waals surface area contributed by atoms with Gasteiger partial charge in [-0.3, -0.25) is 20.4 Å². The summed E-state index contributed by atoms with van der Waals surface area (Å²) in [6, 6.07) is 8.98. The fourth-order valence-electron chi connectivity index (χ4n) is 1.85. The van der Waals surface area contributed by atoms with Crippen LogP contribution in [0.4, 0.5) is 8.78 Å². The molecule has 5 nitrogen and oxygen atoms in total. The van der Waals surface area contributed by atoms with Crippen molar-refractivity contribution in [2.45, 2.75) is 6.42 Å². The van der Waals surface area contributed by atoms with Crippen molar-refractivity contribution in [3.8, 4) is 5.75 Å². The summed E-state index contributed by atoms with van der Waals surface area (Å²) in [6.45, 7) is 0. The van der Waals surface area contributed by atoms with Gasteiger partial charge in [-0.05, 0) is 42.0 Å². The number of carbonyl (C=O) groups is 2. The number of methoxy groups -OCH3 is 1. The Morgan fingerprint density at radius 3 is 2.35 bits per heavy atom. The second-order valence-electron chi connectivity index (χ2n) is 4.65. The monoisotopic (exact) mass is 320 g/mol. The molecule has 0 bridgehead atoms. The van der Waals surface area contributed by atoms with Gasteiger partial charge in [-0.25, -0.2) is 8.78 Å². The third kappa shape index (κ3) is 4.50. The van der Waals surface area contributed by atoms with E-state index < -0.39 is 23.4 Å². The predicted molar refractivity (Wildman–Crippen MR) is 78.7 cm³/mol. The highest BCUT2D eigenvalue weighted by atomic mass is 19.1. The summed E-state index contributed by atoms with van der Waals surface area (Å²) in [5, 5.41) is 0. The lowest BCUT2D eigenvalue weighted by molar-refractivity contribution is -0.121. The minimum atomic E-state index is -0.584. The standard InChI is InChI=1S/C16H14F2N2O3/c1-23-14-7-2-10(8-13(14)18)9-15(21)19-20-16(22)11-3-5-12(17)6-4-11/h2-8H,9H2,1H3,(H,19,21)(H,20,22). The van der Waals surface area contributed by atoms with Gasteiger partial charge in [0.15, 0.2) is 11.6 Å². The van der Waals surface area contributed by atoms with Gasteiger partial charge in [-0.2, -0.15) is 0 Å². The molecule has 2 N–H and O–H groups in total. The Labute approximate surface area is 131 Å². The Hall–Kier alpha value is -2.96. The van der Waals surface area contributed by atoms with E-state index in [0.29, 0.717) is 5.56 Å². The van der Waals surface area contributed by atoms with Crippen molar-refractivity contribution in [3.05, 3.63) is 65.2 Å². The average molecular weight is 320 g/mol. The average Bonchev–Trinajstić information content (AvgIpc) is 2.53. The van der Waals surface area contributed by atoms with Crippen LogP contribution in [-0.4, -0.2) is 18.9 Å². The van der Waals surface area contributed by atoms with E-state index in [-0.39, 0.29) is 17.7 Å². The molecule has 0 aromatic heterocycles. The molecule has 0 saturated heterocycles. The lowest BCUT2D eigenvalue weighted by atomic mass is 10.1. The topological polar surface area (TPSA) is 67.4 Å². The number of amides is 2. The van der Waals surface area contributed by atoms with Gasteiger partial charge in [0.1, 0.15) is 5.82 Å². The maximum Gasteiger partial charge on any atom is 0.269 e. The quantitative estimate of drug-likeness (QED) is 0.847. The molecular weight excluding hydrogens is 306 g/mol. The highest BCUT2D eigenvalue weighted by Gasteiger charge is 2.10. The lowest BCUT2D eigenvalue weighted by Gasteiger charge is -2.08. The van der Waals surface area contributed by atoms with Crippen LogP contribution in [-0.2, 0) is 11.2 Å². The van der Waals surface area contributed by atoms with Crippen LogP contribution in [0.5, 0.6) is 5.75 Å². The number of nitrogens with one attached hydrogen (secondary N) is 2. The summed E-state index contributed by atoms with van der Waals surface area (Å²) in [6.07, 6.45) is -0.120. The van der Waals surface area contributed by atoms with Crippen LogP contribution in [0.25, 0.3) is 0 Å². The fraction of sp³-hybridized carbons (Fsp3) is 0.125. The third-order valence-electron chi connectivity index (χ3n) is 3.00. The molecule has 7 heteroatoms. The number of hydrogen-bond donors (Lipinski definition) is 2. The summed E-state index contributed by atoms with van der Waals surface area (Å²) in [7, 11) is 1.34. The fourth-order valence-corrected chi connectivity index (χ4v) is 1.85. The van der Waals surface area contributed by atoms with E-state index in [9.17, 15) is 18.4 Å². The molecular formula is C16H14F2N2O3. The normalized spacial score (nSPS) is 10.0. The maximum atomic E-state index is 13.5. The lowest BCUT2D eigenvalue weighted by Crippen LogP contribution is -2.42. The van der Waals surface area contributed by atoms with Gasteiger partial charge in [-0.1, -0.05) is 6.07 Å². The number of benzene rings is 2. The molecule has 2 amide bonds. The first-order valence-corrected chi connectivity index (χ1v) is 6.67. The highest BCUT2D eigenvalue weighted by Crippen LogP contribution is 2.17. The van der Waals surface area contributed by atoms with E-state index in [4.69, 9.17) is 4.74 Å². The summed E-state index contributed by atoms with van der Waals surface area (Å²) in [4.78, 5) is 23.5. The van der Waals surface area contributed by atoms with Gasteiger partial charge in [0.2, 0.25) is 5.91 Å². The zero-order valence-corrected chi connectivity index (χ0v) is 12.2. The molecule has 120 valence electrons. The Morgan fingerprint density at radius 2 is 1.74 bits per heavy atom. The molecule has 0 aliphatic rings. The Morgan fingerprint density at radius 1 is 1.04 bits per heavy atom. The number of rotatable bonds is 4.